The molecular formula is C41H77N3O4. The van der Waals surface area contributed by atoms with Crippen LogP contribution in [0.2, 0.25) is 0 Å². The predicted octanol–water partition coefficient (Wildman–Crippen LogP) is 8.38. The molecule has 1 rings (SSSR count). The van der Waals surface area contributed by atoms with Crippen molar-refractivity contribution in [1.29, 1.82) is 0 Å². The molecule has 280 valence electrons. The highest BCUT2D eigenvalue weighted by Crippen LogP contribution is 2.27. The van der Waals surface area contributed by atoms with E-state index >= 15 is 0 Å². The van der Waals surface area contributed by atoms with Gasteiger partial charge in [-0.05, 0) is 49.1 Å². The molecule has 0 aliphatic heterocycles. The summed E-state index contributed by atoms with van der Waals surface area (Å²) in [6.07, 6.45) is 3.45. The highest BCUT2D eigenvalue weighted by molar-refractivity contribution is 5.93. The fourth-order valence-electron chi connectivity index (χ4n) is 4.49. The Hall–Kier alpha value is -2.22. The Labute approximate surface area is 296 Å². The molecule has 0 saturated heterocycles. The van der Waals surface area contributed by atoms with Gasteiger partial charge in [0.1, 0.15) is 17.3 Å². The van der Waals surface area contributed by atoms with Gasteiger partial charge in [0.25, 0.3) is 0 Å². The number of rotatable bonds is 15. The summed E-state index contributed by atoms with van der Waals surface area (Å²) in [5, 5.41) is 0. The Kier molecular flexibility index (Phi) is 26.9. The van der Waals surface area contributed by atoms with Crippen LogP contribution in [0, 0.1) is 40.4 Å². The molecular weight excluding hydrogens is 598 g/mol. The summed E-state index contributed by atoms with van der Waals surface area (Å²) >= 11 is 0. The molecule has 0 aliphatic rings. The SMILES string of the molecule is CC(C)(C)C(=O)C(CCCCN)CC(=O)C(N)Cc1ccccc1.CC(C)C.CC(C)C.CC(CC(=O)C(N)C(C)C)C(=O)C(C)(C)C. The topological polar surface area (TPSA) is 146 Å². The van der Waals surface area contributed by atoms with E-state index in [1.165, 1.54) is 0 Å². The number of nitrogens with two attached hydrogens (primary N) is 3. The average molecular weight is 676 g/mol. The van der Waals surface area contributed by atoms with E-state index in [1.807, 2.05) is 85.7 Å². The Morgan fingerprint density at radius 1 is 0.646 bits per heavy atom. The molecule has 1 aromatic carbocycles. The number of ketones is 4. The van der Waals surface area contributed by atoms with E-state index in [4.69, 9.17) is 17.2 Å². The van der Waals surface area contributed by atoms with Crippen LogP contribution in [0.25, 0.3) is 0 Å². The summed E-state index contributed by atoms with van der Waals surface area (Å²) in [6, 6.07) is 8.73. The van der Waals surface area contributed by atoms with Crippen molar-refractivity contribution in [2.24, 2.45) is 57.6 Å². The molecule has 1 aromatic rings. The van der Waals surface area contributed by atoms with Crippen molar-refractivity contribution in [2.45, 2.75) is 154 Å². The molecule has 0 saturated carbocycles. The lowest BCUT2D eigenvalue weighted by molar-refractivity contribution is -0.134. The number of hydrogen-bond acceptors (Lipinski definition) is 7. The van der Waals surface area contributed by atoms with Gasteiger partial charge >= 0.3 is 0 Å². The van der Waals surface area contributed by atoms with Crippen LogP contribution in [0.5, 0.6) is 0 Å². The lowest BCUT2D eigenvalue weighted by Gasteiger charge is -2.25. The van der Waals surface area contributed by atoms with Crippen LogP contribution in [-0.4, -0.2) is 41.8 Å². The van der Waals surface area contributed by atoms with Gasteiger partial charge in [0.05, 0.1) is 12.1 Å². The second-order valence-electron chi connectivity index (χ2n) is 17.0. The number of Topliss-reactive ketones (excluding diaryl/α,β-unsaturated/α-hetero) is 4. The van der Waals surface area contributed by atoms with E-state index in [0.717, 1.165) is 30.2 Å². The molecule has 48 heavy (non-hydrogen) atoms. The molecule has 0 fully saturated rings. The molecule has 0 heterocycles. The largest absolute Gasteiger partial charge is 0.330 e. The van der Waals surface area contributed by atoms with Gasteiger partial charge < -0.3 is 17.2 Å². The van der Waals surface area contributed by atoms with E-state index in [2.05, 4.69) is 41.5 Å². The van der Waals surface area contributed by atoms with Crippen LogP contribution < -0.4 is 17.2 Å². The Morgan fingerprint density at radius 3 is 1.46 bits per heavy atom. The highest BCUT2D eigenvalue weighted by atomic mass is 16.1. The summed E-state index contributed by atoms with van der Waals surface area (Å²) in [4.78, 5) is 48.8. The van der Waals surface area contributed by atoms with Crippen molar-refractivity contribution in [3.63, 3.8) is 0 Å². The Bertz CT molecular complexity index is 1010. The third-order valence-electron chi connectivity index (χ3n) is 7.06. The van der Waals surface area contributed by atoms with Gasteiger partial charge in [-0.2, -0.15) is 0 Å². The zero-order chi connectivity index (χ0) is 38.4. The van der Waals surface area contributed by atoms with Crippen LogP contribution >= 0.6 is 0 Å². The lowest BCUT2D eigenvalue weighted by atomic mass is 9.78. The van der Waals surface area contributed by atoms with Crippen LogP contribution in [-0.2, 0) is 25.6 Å². The maximum atomic E-state index is 12.7. The summed E-state index contributed by atoms with van der Waals surface area (Å²) in [5.41, 5.74) is 17.6. The van der Waals surface area contributed by atoms with E-state index in [9.17, 15) is 19.2 Å². The molecule has 4 unspecified atom stereocenters. The van der Waals surface area contributed by atoms with Crippen molar-refractivity contribution >= 4 is 23.1 Å². The minimum Gasteiger partial charge on any atom is -0.330 e. The van der Waals surface area contributed by atoms with E-state index in [1.54, 1.807) is 6.92 Å². The molecule has 7 nitrogen and oxygen atoms in total. The summed E-state index contributed by atoms with van der Waals surface area (Å²) in [5.74, 6) is 1.51. The first-order valence-corrected chi connectivity index (χ1v) is 18.2. The number of unbranched alkanes of at least 4 members (excludes halogenated alkanes) is 1. The Balaban J connectivity index is -0.000000722. The van der Waals surface area contributed by atoms with Crippen LogP contribution in [0.1, 0.15) is 142 Å². The van der Waals surface area contributed by atoms with Gasteiger partial charge in [-0.25, -0.2) is 0 Å². The number of benzene rings is 1. The van der Waals surface area contributed by atoms with Crippen molar-refractivity contribution < 1.29 is 19.2 Å². The standard InChI is InChI=1S/C20H32N2O2.C13H25NO2.2C4H10/c1-20(2,3)19(24)16(11-7-8-12-21)14-18(23)17(22)13-15-9-5-4-6-10-15;1-8(2)11(14)10(15)7-9(3)12(16)13(4,5)6;2*1-4(2)3/h4-6,9-10,16-17H,7-8,11-14,21-22H2,1-3H3;8-9,11H,7,14H2,1-6H3;2*4H,1-3H3. The first kappa shape index (κ1) is 50.2. The maximum absolute atomic E-state index is 12.7. The van der Waals surface area contributed by atoms with Crippen molar-refractivity contribution in [2.75, 3.05) is 6.54 Å². The summed E-state index contributed by atoms with van der Waals surface area (Å²) in [6.45, 7) is 30.6. The summed E-state index contributed by atoms with van der Waals surface area (Å²) in [7, 11) is 0. The van der Waals surface area contributed by atoms with Gasteiger partial charge in [-0.15, -0.1) is 0 Å². The van der Waals surface area contributed by atoms with Gasteiger partial charge in [-0.1, -0.05) is 141 Å². The normalized spacial score (nSPS) is 13.9. The number of carbonyl (C=O) groups excluding carboxylic acids is 4. The molecule has 4 atom stereocenters. The summed E-state index contributed by atoms with van der Waals surface area (Å²) < 4.78 is 0. The van der Waals surface area contributed by atoms with Gasteiger partial charge in [-0.3, -0.25) is 19.2 Å². The molecule has 0 aromatic heterocycles. The highest BCUT2D eigenvalue weighted by Gasteiger charge is 2.32. The number of carbonyl (C=O) groups is 4. The lowest BCUT2D eigenvalue weighted by Crippen LogP contribution is -2.38. The quantitative estimate of drug-likeness (QED) is 0.158. The predicted molar refractivity (Wildman–Crippen MR) is 206 cm³/mol. The average Bonchev–Trinajstić information content (AvgIpc) is 2.94. The van der Waals surface area contributed by atoms with E-state index in [0.29, 0.717) is 19.4 Å². The minimum atomic E-state index is -0.558. The maximum Gasteiger partial charge on any atom is 0.150 e. The Morgan fingerprint density at radius 2 is 1.08 bits per heavy atom. The zero-order valence-corrected chi connectivity index (χ0v) is 33.7. The molecule has 0 amide bonds. The molecule has 0 bridgehead atoms. The molecule has 7 heteroatoms. The van der Waals surface area contributed by atoms with Crippen LogP contribution in [0.4, 0.5) is 0 Å². The fraction of sp³-hybridized carbons (Fsp3) is 0.756. The van der Waals surface area contributed by atoms with Gasteiger partial charge in [0.15, 0.2) is 5.78 Å². The molecule has 6 N–H and O–H groups in total. The van der Waals surface area contributed by atoms with Gasteiger partial charge in [0.2, 0.25) is 0 Å². The van der Waals surface area contributed by atoms with E-state index < -0.39 is 17.5 Å². The minimum absolute atomic E-state index is 0.0138. The van der Waals surface area contributed by atoms with Crippen LogP contribution in [0.15, 0.2) is 30.3 Å². The first-order chi connectivity index (χ1) is 21.8. The van der Waals surface area contributed by atoms with Crippen LogP contribution in [0.3, 0.4) is 0 Å². The van der Waals surface area contributed by atoms with Crippen molar-refractivity contribution in [3.05, 3.63) is 35.9 Å². The van der Waals surface area contributed by atoms with Gasteiger partial charge in [0, 0.05) is 35.5 Å². The smallest absolute Gasteiger partial charge is 0.150 e. The monoisotopic (exact) mass is 676 g/mol. The molecule has 0 spiro atoms. The molecule has 0 aliphatic carbocycles. The third kappa shape index (κ3) is 26.7. The first-order valence-electron chi connectivity index (χ1n) is 18.2. The molecule has 0 radical (unpaired) electrons. The number of hydrogen-bond donors (Lipinski definition) is 3. The second kappa shape index (κ2) is 25.7. The second-order valence-corrected chi connectivity index (χ2v) is 17.0. The fourth-order valence-corrected chi connectivity index (χ4v) is 4.49. The van der Waals surface area contributed by atoms with Crippen molar-refractivity contribution in [1.82, 2.24) is 0 Å². The zero-order valence-electron chi connectivity index (χ0n) is 33.7. The third-order valence-corrected chi connectivity index (χ3v) is 7.06. The van der Waals surface area contributed by atoms with Crippen molar-refractivity contribution in [3.8, 4) is 0 Å². The van der Waals surface area contributed by atoms with E-state index in [-0.39, 0.29) is 59.1 Å².